The van der Waals surface area contributed by atoms with E-state index in [1.165, 1.54) is 5.40 Å². The van der Waals surface area contributed by atoms with Crippen LogP contribution in [-0.2, 0) is 9.59 Å². The minimum Gasteiger partial charge on any atom is -0.481 e. The number of carboxylic acid groups (broad SMARTS) is 1. The largest absolute Gasteiger partial charge is 0.481 e. The van der Waals surface area contributed by atoms with E-state index in [-0.39, 0.29) is 12.3 Å². The quantitative estimate of drug-likeness (QED) is 0.424. The van der Waals surface area contributed by atoms with Crippen molar-refractivity contribution in [3.05, 3.63) is 0 Å². The van der Waals surface area contributed by atoms with Crippen LogP contribution in [0.4, 0.5) is 0 Å². The summed E-state index contributed by atoms with van der Waals surface area (Å²) in [5.74, 6) is -2.30. The fourth-order valence-corrected chi connectivity index (χ4v) is 1.24. The van der Waals surface area contributed by atoms with Gasteiger partial charge in [-0.25, -0.2) is 0 Å². The number of nitrogens with zero attached hydrogens (tertiary/aromatic N) is 1. The zero-order valence-corrected chi connectivity index (χ0v) is 7.56. The smallest absolute Gasteiger partial charge is 0.315 e. The molecular weight excluding hydrogens is 202 g/mol. The average molecular weight is 208 g/mol. The van der Waals surface area contributed by atoms with E-state index in [2.05, 4.69) is 0 Å². The summed E-state index contributed by atoms with van der Waals surface area (Å²) >= 11 is 5.61. The summed E-state index contributed by atoms with van der Waals surface area (Å²) in [7, 11) is 0. The first-order chi connectivity index (χ1) is 5.63. The Labute approximate surface area is 78.5 Å². The maximum Gasteiger partial charge on any atom is 0.315 e. The van der Waals surface area contributed by atoms with Gasteiger partial charge in [0.05, 0.1) is 0 Å². The molecule has 0 saturated carbocycles. The Morgan fingerprint density at radius 3 is 2.58 bits per heavy atom. The van der Waals surface area contributed by atoms with Crippen molar-refractivity contribution < 1.29 is 14.7 Å². The Hall–Kier alpha value is -0.730. The Kier molecular flexibility index (Phi) is 5.51. The molecule has 12 heavy (non-hydrogen) atoms. The van der Waals surface area contributed by atoms with E-state index in [0.29, 0.717) is 11.8 Å². The molecule has 0 radical (unpaired) electrons. The number of hydrogen-bond donors (Lipinski definition) is 1. The molecule has 1 N–H and O–H groups in total. The van der Waals surface area contributed by atoms with Crippen LogP contribution in [-0.4, -0.2) is 22.1 Å². The molecule has 0 aromatic heterocycles. The average Bonchev–Trinajstić information content (AvgIpc) is 1.99. The predicted molar refractivity (Wildman–Crippen MR) is 44.7 cm³/mol. The second-order valence-electron chi connectivity index (χ2n) is 1.88. The summed E-state index contributed by atoms with van der Waals surface area (Å²) in [6.07, 6.45) is 0.0599. The molecule has 0 aliphatic rings. The normalized spacial score (nSPS) is 11.7. The lowest BCUT2D eigenvalue weighted by atomic mass is 10.1. The molecule has 0 saturated heterocycles. The minimum absolute atomic E-state index is 0.0599. The number of carbonyl (C=O) groups is 2. The van der Waals surface area contributed by atoms with Crippen molar-refractivity contribution in [2.75, 3.05) is 5.88 Å². The van der Waals surface area contributed by atoms with Crippen LogP contribution in [0.5, 0.6) is 0 Å². The first kappa shape index (κ1) is 11.3. The highest BCUT2D eigenvalue weighted by molar-refractivity contribution is 8.17. The van der Waals surface area contributed by atoms with E-state index in [9.17, 15) is 9.59 Å². The number of thioether (sulfide) groups is 1. The maximum atomic E-state index is 10.9. The third-order valence-corrected chi connectivity index (χ3v) is 1.92. The highest BCUT2D eigenvalue weighted by atomic mass is 35.5. The molecule has 0 aliphatic heterocycles. The molecule has 0 amide bonds. The van der Waals surface area contributed by atoms with Crippen LogP contribution in [0.15, 0.2) is 0 Å². The third kappa shape index (κ3) is 3.60. The first-order valence-corrected chi connectivity index (χ1v) is 4.37. The summed E-state index contributed by atoms with van der Waals surface area (Å²) in [5, 5.41) is 17.5. The van der Waals surface area contributed by atoms with Crippen molar-refractivity contribution in [1.82, 2.24) is 0 Å². The number of nitriles is 1. The van der Waals surface area contributed by atoms with E-state index in [1.807, 2.05) is 0 Å². The van der Waals surface area contributed by atoms with Gasteiger partial charge in [-0.1, -0.05) is 0 Å². The summed E-state index contributed by atoms with van der Waals surface area (Å²) < 4.78 is 0. The number of halogens is 1. The van der Waals surface area contributed by atoms with Crippen molar-refractivity contribution >= 4 is 34.4 Å². The standard InChI is InChI=1S/C6H6ClNO3S/c7-2-1-4(5(9)10)6(11)12-3-8/h4H,1-2H2,(H,9,10). The molecule has 0 rings (SSSR count). The molecule has 6 heteroatoms. The minimum atomic E-state index is -1.23. The van der Waals surface area contributed by atoms with Crippen LogP contribution in [0.2, 0.25) is 0 Å². The van der Waals surface area contributed by atoms with E-state index >= 15 is 0 Å². The lowest BCUT2D eigenvalue weighted by Crippen LogP contribution is -2.21. The summed E-state index contributed by atoms with van der Waals surface area (Å²) in [6, 6.07) is 0. The molecule has 0 heterocycles. The van der Waals surface area contributed by atoms with Crippen molar-refractivity contribution in [3.63, 3.8) is 0 Å². The summed E-state index contributed by atoms with van der Waals surface area (Å²) in [5.41, 5.74) is 0. The van der Waals surface area contributed by atoms with Crippen LogP contribution < -0.4 is 0 Å². The fraction of sp³-hybridized carbons (Fsp3) is 0.500. The Morgan fingerprint density at radius 1 is 1.67 bits per heavy atom. The molecule has 0 fully saturated rings. The van der Waals surface area contributed by atoms with E-state index in [0.717, 1.165) is 0 Å². The zero-order valence-electron chi connectivity index (χ0n) is 5.99. The molecule has 0 aromatic carbocycles. The number of rotatable bonds is 4. The van der Waals surface area contributed by atoms with Gasteiger partial charge >= 0.3 is 5.97 Å². The molecular formula is C6H6ClNO3S. The van der Waals surface area contributed by atoms with Gasteiger partial charge in [0.25, 0.3) is 0 Å². The topological polar surface area (TPSA) is 78.2 Å². The van der Waals surface area contributed by atoms with E-state index in [1.54, 1.807) is 0 Å². The monoisotopic (exact) mass is 207 g/mol. The van der Waals surface area contributed by atoms with Crippen LogP contribution in [0.25, 0.3) is 0 Å². The number of aliphatic carboxylic acids is 1. The number of carboxylic acids is 1. The van der Waals surface area contributed by atoms with Gasteiger partial charge in [-0.15, -0.1) is 11.6 Å². The maximum absolute atomic E-state index is 10.9. The lowest BCUT2D eigenvalue weighted by Gasteiger charge is -2.04. The number of alkyl halides is 1. The fourth-order valence-electron chi connectivity index (χ4n) is 0.567. The first-order valence-electron chi connectivity index (χ1n) is 3.02. The van der Waals surface area contributed by atoms with Gasteiger partial charge in [0, 0.05) is 17.6 Å². The second kappa shape index (κ2) is 5.86. The predicted octanol–water partition coefficient (Wildman–Crippen LogP) is 1.06. The number of carbonyl (C=O) groups excluding carboxylic acids is 1. The van der Waals surface area contributed by atoms with Crippen LogP contribution >= 0.6 is 23.4 Å². The van der Waals surface area contributed by atoms with Gasteiger partial charge in [0.15, 0.2) is 0 Å². The molecule has 0 bridgehead atoms. The molecule has 66 valence electrons. The van der Waals surface area contributed by atoms with Gasteiger partial charge < -0.3 is 5.11 Å². The van der Waals surface area contributed by atoms with Gasteiger partial charge in [-0.2, -0.15) is 5.26 Å². The lowest BCUT2D eigenvalue weighted by molar-refractivity contribution is -0.144. The van der Waals surface area contributed by atoms with Crippen LogP contribution in [0.3, 0.4) is 0 Å². The Bertz CT molecular complexity index is 225. The SMILES string of the molecule is N#CSC(=O)C(CCCl)C(=O)O. The third-order valence-electron chi connectivity index (χ3n) is 1.13. The van der Waals surface area contributed by atoms with Crippen molar-refractivity contribution in [1.29, 1.82) is 5.26 Å². The van der Waals surface area contributed by atoms with Crippen molar-refractivity contribution in [2.45, 2.75) is 6.42 Å². The molecule has 4 nitrogen and oxygen atoms in total. The highest BCUT2D eigenvalue weighted by Gasteiger charge is 2.25. The van der Waals surface area contributed by atoms with Crippen LogP contribution in [0.1, 0.15) is 6.42 Å². The van der Waals surface area contributed by atoms with E-state index < -0.39 is 17.0 Å². The molecule has 0 spiro atoms. The van der Waals surface area contributed by atoms with Gasteiger partial charge in [0.2, 0.25) is 5.12 Å². The van der Waals surface area contributed by atoms with Gasteiger partial charge in [-0.3, -0.25) is 9.59 Å². The molecule has 1 atom stereocenters. The summed E-state index contributed by atoms with van der Waals surface area (Å²) in [4.78, 5) is 21.3. The number of hydrogen-bond acceptors (Lipinski definition) is 4. The highest BCUT2D eigenvalue weighted by Crippen LogP contribution is 2.14. The van der Waals surface area contributed by atoms with E-state index in [4.69, 9.17) is 22.0 Å². The molecule has 0 aromatic rings. The zero-order chi connectivity index (χ0) is 9.56. The Morgan fingerprint density at radius 2 is 2.25 bits per heavy atom. The van der Waals surface area contributed by atoms with Gasteiger partial charge in [-0.05, 0) is 6.42 Å². The van der Waals surface area contributed by atoms with Crippen molar-refractivity contribution in [2.24, 2.45) is 5.92 Å². The molecule has 0 aliphatic carbocycles. The van der Waals surface area contributed by atoms with Gasteiger partial charge in [0.1, 0.15) is 11.3 Å². The second-order valence-corrected chi connectivity index (χ2v) is 3.05. The molecule has 1 unspecified atom stereocenters. The Balaban J connectivity index is 4.21. The summed E-state index contributed by atoms with van der Waals surface area (Å²) in [6.45, 7) is 0. The van der Waals surface area contributed by atoms with Crippen LogP contribution in [0, 0.1) is 16.6 Å². The number of thiocyanates is 1. The van der Waals surface area contributed by atoms with Crippen molar-refractivity contribution in [3.8, 4) is 5.40 Å².